The van der Waals surface area contributed by atoms with Crippen LogP contribution in [0.3, 0.4) is 0 Å². The van der Waals surface area contributed by atoms with Gasteiger partial charge in [-0.1, -0.05) is 24.0 Å². The van der Waals surface area contributed by atoms with Crippen molar-refractivity contribution in [3.8, 4) is 11.8 Å². The zero-order valence-corrected chi connectivity index (χ0v) is 12.5. The third-order valence-electron chi connectivity index (χ3n) is 3.32. The molecule has 1 aromatic carbocycles. The SMILES string of the molecule is CC1CN(C(=O)c2ccccc2C#CCCO)CC(C)O1. The highest BCUT2D eigenvalue weighted by atomic mass is 16.5. The molecule has 0 bridgehead atoms. The van der Waals surface area contributed by atoms with E-state index in [1.54, 1.807) is 6.07 Å². The predicted molar refractivity (Wildman–Crippen MR) is 80.9 cm³/mol. The van der Waals surface area contributed by atoms with Gasteiger partial charge in [0.05, 0.1) is 24.4 Å². The fraction of sp³-hybridized carbons (Fsp3) is 0.471. The summed E-state index contributed by atoms with van der Waals surface area (Å²) in [4.78, 5) is 14.5. The van der Waals surface area contributed by atoms with E-state index in [-0.39, 0.29) is 24.7 Å². The summed E-state index contributed by atoms with van der Waals surface area (Å²) in [6, 6.07) is 7.35. The second kappa shape index (κ2) is 7.26. The molecule has 1 aliphatic rings. The summed E-state index contributed by atoms with van der Waals surface area (Å²) >= 11 is 0. The molecular weight excluding hydrogens is 266 g/mol. The summed E-state index contributed by atoms with van der Waals surface area (Å²) in [6.45, 7) is 5.18. The van der Waals surface area contributed by atoms with Gasteiger partial charge >= 0.3 is 0 Å². The van der Waals surface area contributed by atoms with Crippen LogP contribution in [-0.2, 0) is 4.74 Å². The van der Waals surface area contributed by atoms with Gasteiger partial charge in [-0.05, 0) is 26.0 Å². The molecule has 1 fully saturated rings. The number of hydrogen-bond donors (Lipinski definition) is 1. The molecule has 2 rings (SSSR count). The van der Waals surface area contributed by atoms with E-state index in [1.807, 2.05) is 36.9 Å². The van der Waals surface area contributed by atoms with Crippen LogP contribution in [0.15, 0.2) is 24.3 Å². The second-order valence-corrected chi connectivity index (χ2v) is 5.29. The molecule has 1 N–H and O–H groups in total. The number of benzene rings is 1. The smallest absolute Gasteiger partial charge is 0.255 e. The third kappa shape index (κ3) is 4.07. The first-order valence-corrected chi connectivity index (χ1v) is 7.25. The number of rotatable bonds is 2. The maximum Gasteiger partial charge on any atom is 0.255 e. The molecular formula is C17H21NO3. The molecule has 2 unspecified atom stereocenters. The van der Waals surface area contributed by atoms with Gasteiger partial charge < -0.3 is 14.7 Å². The maximum absolute atomic E-state index is 12.7. The van der Waals surface area contributed by atoms with Crippen molar-refractivity contribution >= 4 is 5.91 Å². The number of hydrogen-bond acceptors (Lipinski definition) is 3. The molecule has 21 heavy (non-hydrogen) atoms. The highest BCUT2D eigenvalue weighted by molar-refractivity contribution is 5.96. The van der Waals surface area contributed by atoms with Gasteiger partial charge in [-0.3, -0.25) is 4.79 Å². The van der Waals surface area contributed by atoms with E-state index in [4.69, 9.17) is 9.84 Å². The minimum Gasteiger partial charge on any atom is -0.395 e. The fourth-order valence-electron chi connectivity index (χ4n) is 2.51. The summed E-state index contributed by atoms with van der Waals surface area (Å²) in [5.41, 5.74) is 1.33. The molecule has 1 heterocycles. The van der Waals surface area contributed by atoms with Crippen LogP contribution in [0.1, 0.15) is 36.2 Å². The number of amides is 1. The van der Waals surface area contributed by atoms with E-state index in [0.29, 0.717) is 30.6 Å². The second-order valence-electron chi connectivity index (χ2n) is 5.29. The minimum atomic E-state index is -0.00843. The van der Waals surface area contributed by atoms with Gasteiger partial charge in [0.25, 0.3) is 5.91 Å². The number of nitrogens with zero attached hydrogens (tertiary/aromatic N) is 1. The zero-order valence-electron chi connectivity index (χ0n) is 12.5. The lowest BCUT2D eigenvalue weighted by Gasteiger charge is -2.35. The summed E-state index contributed by atoms with van der Waals surface area (Å²) < 4.78 is 5.66. The Morgan fingerprint density at radius 2 is 2.00 bits per heavy atom. The Balaban J connectivity index is 2.21. The predicted octanol–water partition coefficient (Wildman–Crippen LogP) is 1.67. The molecule has 0 aromatic heterocycles. The van der Waals surface area contributed by atoms with Crippen molar-refractivity contribution in [3.63, 3.8) is 0 Å². The standard InChI is InChI=1S/C17H21NO3/c1-13-11-18(12-14(2)21-13)17(20)16-9-4-3-7-15(16)8-5-6-10-19/h3-4,7,9,13-14,19H,6,10-12H2,1-2H3. The Hall–Kier alpha value is -1.83. The fourth-order valence-corrected chi connectivity index (χ4v) is 2.51. The molecule has 0 aliphatic carbocycles. The van der Waals surface area contributed by atoms with Crippen LogP contribution in [0.4, 0.5) is 0 Å². The van der Waals surface area contributed by atoms with E-state index in [0.717, 1.165) is 0 Å². The van der Waals surface area contributed by atoms with Crippen LogP contribution in [0.2, 0.25) is 0 Å². The number of ether oxygens (including phenoxy) is 1. The Bertz CT molecular complexity index is 549. The van der Waals surface area contributed by atoms with Crippen LogP contribution >= 0.6 is 0 Å². The van der Waals surface area contributed by atoms with E-state index in [9.17, 15) is 4.79 Å². The summed E-state index contributed by atoms with van der Waals surface area (Å²) in [6.07, 6.45) is 0.504. The van der Waals surface area contributed by atoms with E-state index >= 15 is 0 Å². The number of aliphatic hydroxyl groups excluding tert-OH is 1. The molecule has 1 aromatic rings. The quantitative estimate of drug-likeness (QED) is 0.842. The molecule has 2 atom stereocenters. The van der Waals surface area contributed by atoms with Gasteiger partial charge in [0.15, 0.2) is 0 Å². The lowest BCUT2D eigenvalue weighted by atomic mass is 10.1. The van der Waals surface area contributed by atoms with Crippen molar-refractivity contribution in [2.45, 2.75) is 32.5 Å². The molecule has 1 aliphatic heterocycles. The average Bonchev–Trinajstić information content (AvgIpc) is 2.46. The Kier molecular flexibility index (Phi) is 5.38. The van der Waals surface area contributed by atoms with Crippen LogP contribution < -0.4 is 0 Å². The summed E-state index contributed by atoms with van der Waals surface area (Å²) in [5, 5.41) is 8.79. The van der Waals surface area contributed by atoms with Gasteiger partial charge in [-0.2, -0.15) is 0 Å². The monoisotopic (exact) mass is 287 g/mol. The van der Waals surface area contributed by atoms with Crippen molar-refractivity contribution < 1.29 is 14.6 Å². The van der Waals surface area contributed by atoms with E-state index in [1.165, 1.54) is 0 Å². The van der Waals surface area contributed by atoms with Crippen LogP contribution in [-0.4, -0.2) is 47.8 Å². The van der Waals surface area contributed by atoms with Crippen molar-refractivity contribution in [2.24, 2.45) is 0 Å². The van der Waals surface area contributed by atoms with E-state index < -0.39 is 0 Å². The summed E-state index contributed by atoms with van der Waals surface area (Å²) in [7, 11) is 0. The highest BCUT2D eigenvalue weighted by Crippen LogP contribution is 2.16. The molecule has 0 saturated carbocycles. The van der Waals surface area contributed by atoms with Gasteiger partial charge in [0, 0.05) is 25.1 Å². The van der Waals surface area contributed by atoms with Crippen molar-refractivity contribution in [3.05, 3.63) is 35.4 Å². The molecule has 4 nitrogen and oxygen atoms in total. The molecule has 112 valence electrons. The average molecular weight is 287 g/mol. The molecule has 1 saturated heterocycles. The third-order valence-corrected chi connectivity index (χ3v) is 3.32. The lowest BCUT2D eigenvalue weighted by molar-refractivity contribution is -0.0586. The van der Waals surface area contributed by atoms with Gasteiger partial charge in [0.1, 0.15) is 0 Å². The first kappa shape index (κ1) is 15.6. The molecule has 4 heteroatoms. The molecule has 0 radical (unpaired) electrons. The summed E-state index contributed by atoms with van der Waals surface area (Å²) in [5.74, 6) is 5.83. The molecule has 1 amide bonds. The van der Waals surface area contributed by atoms with Gasteiger partial charge in [-0.15, -0.1) is 0 Å². The van der Waals surface area contributed by atoms with Crippen LogP contribution in [0.5, 0.6) is 0 Å². The Morgan fingerprint density at radius 3 is 2.67 bits per heavy atom. The molecule has 0 spiro atoms. The largest absolute Gasteiger partial charge is 0.395 e. The van der Waals surface area contributed by atoms with Crippen LogP contribution in [0.25, 0.3) is 0 Å². The maximum atomic E-state index is 12.7. The number of aliphatic hydroxyl groups is 1. The van der Waals surface area contributed by atoms with Gasteiger partial charge in [-0.25, -0.2) is 0 Å². The number of carbonyl (C=O) groups excluding carboxylic acids is 1. The lowest BCUT2D eigenvalue weighted by Crippen LogP contribution is -2.48. The minimum absolute atomic E-state index is 0.00843. The highest BCUT2D eigenvalue weighted by Gasteiger charge is 2.27. The van der Waals surface area contributed by atoms with Crippen molar-refractivity contribution in [1.29, 1.82) is 0 Å². The van der Waals surface area contributed by atoms with E-state index in [2.05, 4.69) is 11.8 Å². The number of carbonyl (C=O) groups is 1. The Morgan fingerprint density at radius 1 is 1.33 bits per heavy atom. The van der Waals surface area contributed by atoms with Gasteiger partial charge in [0.2, 0.25) is 0 Å². The Labute approximate surface area is 125 Å². The first-order chi connectivity index (χ1) is 10.1. The van der Waals surface area contributed by atoms with Crippen molar-refractivity contribution in [1.82, 2.24) is 4.90 Å². The normalized spacial score (nSPS) is 21.6. The van der Waals surface area contributed by atoms with Crippen LogP contribution in [0, 0.1) is 11.8 Å². The topological polar surface area (TPSA) is 49.8 Å². The first-order valence-electron chi connectivity index (χ1n) is 7.25. The zero-order chi connectivity index (χ0) is 15.2. The number of morpholine rings is 1. The van der Waals surface area contributed by atoms with Crippen molar-refractivity contribution in [2.75, 3.05) is 19.7 Å².